The van der Waals surface area contributed by atoms with Gasteiger partial charge in [-0.2, -0.15) is 0 Å². The SMILES string of the molecule is CC1CCC(NS(=O)(=O)c2ccc(N)cc2[N+](=O)[O-])CC1. The number of rotatable bonds is 4. The van der Waals surface area contributed by atoms with Gasteiger partial charge in [-0.3, -0.25) is 10.1 Å². The van der Waals surface area contributed by atoms with E-state index < -0.39 is 20.6 Å². The largest absolute Gasteiger partial charge is 0.399 e. The molecule has 0 radical (unpaired) electrons. The quantitative estimate of drug-likeness (QED) is 0.501. The van der Waals surface area contributed by atoms with Crippen LogP contribution in [0.3, 0.4) is 0 Å². The highest BCUT2D eigenvalue weighted by Crippen LogP contribution is 2.28. The number of hydrogen-bond donors (Lipinski definition) is 2. The Morgan fingerprint density at radius 2 is 1.90 bits per heavy atom. The summed E-state index contributed by atoms with van der Waals surface area (Å²) < 4.78 is 27.3. The van der Waals surface area contributed by atoms with Gasteiger partial charge in [0.1, 0.15) is 0 Å². The summed E-state index contributed by atoms with van der Waals surface area (Å²) in [5.41, 5.74) is 5.15. The van der Waals surface area contributed by atoms with Gasteiger partial charge in [0.05, 0.1) is 4.92 Å². The van der Waals surface area contributed by atoms with Crippen LogP contribution in [0.25, 0.3) is 0 Å². The normalized spacial score (nSPS) is 22.9. The Morgan fingerprint density at radius 1 is 1.29 bits per heavy atom. The van der Waals surface area contributed by atoms with E-state index in [9.17, 15) is 18.5 Å². The van der Waals surface area contributed by atoms with Gasteiger partial charge in [-0.25, -0.2) is 13.1 Å². The summed E-state index contributed by atoms with van der Waals surface area (Å²) in [5.74, 6) is 0.594. The first-order valence-electron chi connectivity index (χ1n) is 6.86. The van der Waals surface area contributed by atoms with Crippen LogP contribution >= 0.6 is 0 Å². The molecule has 1 saturated carbocycles. The minimum absolute atomic E-state index is 0.159. The third kappa shape index (κ3) is 3.70. The van der Waals surface area contributed by atoms with Gasteiger partial charge in [0.2, 0.25) is 10.0 Å². The zero-order valence-corrected chi connectivity index (χ0v) is 12.6. The zero-order chi connectivity index (χ0) is 15.6. The summed E-state index contributed by atoms with van der Waals surface area (Å²) >= 11 is 0. The van der Waals surface area contributed by atoms with Crippen LogP contribution in [0.15, 0.2) is 23.1 Å². The van der Waals surface area contributed by atoms with E-state index in [2.05, 4.69) is 11.6 Å². The molecule has 0 atom stereocenters. The van der Waals surface area contributed by atoms with Crippen molar-refractivity contribution in [2.75, 3.05) is 5.73 Å². The van der Waals surface area contributed by atoms with E-state index in [0.29, 0.717) is 5.92 Å². The van der Waals surface area contributed by atoms with Gasteiger partial charge in [0.25, 0.3) is 5.69 Å². The molecule has 2 rings (SSSR count). The first-order chi connectivity index (χ1) is 9.79. The van der Waals surface area contributed by atoms with Crippen LogP contribution in [-0.4, -0.2) is 19.4 Å². The molecule has 0 bridgehead atoms. The Hall–Kier alpha value is -1.67. The molecule has 1 aliphatic carbocycles. The fraction of sp³-hybridized carbons (Fsp3) is 0.538. The summed E-state index contributed by atoms with van der Waals surface area (Å²) in [6, 6.07) is 3.44. The van der Waals surface area contributed by atoms with Crippen LogP contribution in [0.5, 0.6) is 0 Å². The molecule has 0 unspecified atom stereocenters. The van der Waals surface area contributed by atoms with E-state index in [1.807, 2.05) is 0 Å². The van der Waals surface area contributed by atoms with E-state index >= 15 is 0 Å². The molecule has 0 spiro atoms. The van der Waals surface area contributed by atoms with E-state index in [0.717, 1.165) is 31.7 Å². The third-order valence-corrected chi connectivity index (χ3v) is 5.37. The second kappa shape index (κ2) is 5.98. The molecule has 8 heteroatoms. The van der Waals surface area contributed by atoms with Crippen molar-refractivity contribution in [1.29, 1.82) is 0 Å². The Kier molecular flexibility index (Phi) is 4.48. The Morgan fingerprint density at radius 3 is 2.48 bits per heavy atom. The summed E-state index contributed by atoms with van der Waals surface area (Å²) in [6.45, 7) is 2.13. The molecule has 1 aliphatic rings. The van der Waals surface area contributed by atoms with Gasteiger partial charge in [-0.1, -0.05) is 6.92 Å². The summed E-state index contributed by atoms with van der Waals surface area (Å²) in [4.78, 5) is 9.95. The first-order valence-corrected chi connectivity index (χ1v) is 8.34. The lowest BCUT2D eigenvalue weighted by Gasteiger charge is -2.26. The number of nitrogens with two attached hydrogens (primary N) is 1. The molecule has 1 fully saturated rings. The minimum atomic E-state index is -3.92. The van der Waals surface area contributed by atoms with E-state index in [1.54, 1.807) is 0 Å². The van der Waals surface area contributed by atoms with Gasteiger partial charge in [-0.15, -0.1) is 0 Å². The van der Waals surface area contributed by atoms with Gasteiger partial charge >= 0.3 is 0 Å². The number of nitrogen functional groups attached to an aromatic ring is 1. The highest BCUT2D eigenvalue weighted by Gasteiger charge is 2.29. The van der Waals surface area contributed by atoms with Crippen LogP contribution in [0.4, 0.5) is 11.4 Å². The lowest BCUT2D eigenvalue weighted by Crippen LogP contribution is -2.37. The van der Waals surface area contributed by atoms with Crippen LogP contribution in [0.2, 0.25) is 0 Å². The first kappa shape index (κ1) is 15.7. The van der Waals surface area contributed by atoms with Crippen molar-refractivity contribution in [3.8, 4) is 0 Å². The molecule has 0 aliphatic heterocycles. The number of anilines is 1. The number of nitro benzene ring substituents is 1. The van der Waals surface area contributed by atoms with Gasteiger partial charge in [0, 0.05) is 17.8 Å². The topological polar surface area (TPSA) is 115 Å². The van der Waals surface area contributed by atoms with Crippen molar-refractivity contribution in [3.63, 3.8) is 0 Å². The highest BCUT2D eigenvalue weighted by molar-refractivity contribution is 7.89. The smallest absolute Gasteiger partial charge is 0.291 e. The molecule has 1 aromatic carbocycles. The second-order valence-electron chi connectivity index (χ2n) is 5.56. The molecule has 0 amide bonds. The molecule has 0 heterocycles. The number of hydrogen-bond acceptors (Lipinski definition) is 5. The van der Waals surface area contributed by atoms with Crippen LogP contribution in [0, 0.1) is 16.0 Å². The molecular weight excluding hydrogens is 294 g/mol. The molecule has 1 aromatic rings. The number of sulfonamides is 1. The lowest BCUT2D eigenvalue weighted by atomic mass is 9.88. The Bertz CT molecular complexity index is 637. The molecule has 3 N–H and O–H groups in total. The molecule has 0 aromatic heterocycles. The fourth-order valence-electron chi connectivity index (χ4n) is 2.57. The maximum Gasteiger partial charge on any atom is 0.291 e. The predicted octanol–water partition coefficient (Wildman–Crippen LogP) is 2.03. The second-order valence-corrected chi connectivity index (χ2v) is 7.24. The maximum absolute atomic E-state index is 12.4. The average molecular weight is 313 g/mol. The number of nitrogens with one attached hydrogen (secondary N) is 1. The van der Waals surface area contributed by atoms with Crippen molar-refractivity contribution in [2.45, 2.75) is 43.5 Å². The van der Waals surface area contributed by atoms with Crippen molar-refractivity contribution in [3.05, 3.63) is 28.3 Å². The fourth-order valence-corrected chi connectivity index (χ4v) is 4.02. The monoisotopic (exact) mass is 313 g/mol. The number of nitrogens with zero attached hydrogens (tertiary/aromatic N) is 1. The van der Waals surface area contributed by atoms with Crippen molar-refractivity contribution in [2.24, 2.45) is 5.92 Å². The van der Waals surface area contributed by atoms with Gasteiger partial charge < -0.3 is 5.73 Å². The molecule has 7 nitrogen and oxygen atoms in total. The van der Waals surface area contributed by atoms with Crippen LogP contribution in [-0.2, 0) is 10.0 Å². The summed E-state index contributed by atoms with van der Waals surface area (Å²) in [7, 11) is -3.92. The third-order valence-electron chi connectivity index (χ3n) is 3.81. The van der Waals surface area contributed by atoms with E-state index in [1.165, 1.54) is 12.1 Å². The van der Waals surface area contributed by atoms with Crippen molar-refractivity contribution in [1.82, 2.24) is 4.72 Å². The van der Waals surface area contributed by atoms with Crippen LogP contribution in [0.1, 0.15) is 32.6 Å². The Balaban J connectivity index is 2.25. The maximum atomic E-state index is 12.4. The van der Waals surface area contributed by atoms with E-state index in [4.69, 9.17) is 5.73 Å². The van der Waals surface area contributed by atoms with Crippen LogP contribution < -0.4 is 10.5 Å². The Labute approximate surface area is 123 Å². The van der Waals surface area contributed by atoms with Crippen molar-refractivity contribution >= 4 is 21.4 Å². The lowest BCUT2D eigenvalue weighted by molar-refractivity contribution is -0.387. The molecular formula is C13H19N3O4S. The number of benzene rings is 1. The van der Waals surface area contributed by atoms with Gasteiger partial charge in [-0.05, 0) is 43.7 Å². The summed E-state index contributed by atoms with van der Waals surface area (Å²) in [5, 5.41) is 11.0. The molecule has 116 valence electrons. The van der Waals surface area contributed by atoms with E-state index in [-0.39, 0.29) is 16.6 Å². The minimum Gasteiger partial charge on any atom is -0.399 e. The van der Waals surface area contributed by atoms with Gasteiger partial charge in [0.15, 0.2) is 4.90 Å². The summed E-state index contributed by atoms with van der Waals surface area (Å²) in [6.07, 6.45) is 3.42. The van der Waals surface area contributed by atoms with Crippen molar-refractivity contribution < 1.29 is 13.3 Å². The zero-order valence-electron chi connectivity index (χ0n) is 11.8. The highest BCUT2D eigenvalue weighted by atomic mass is 32.2. The predicted molar refractivity (Wildman–Crippen MR) is 79.3 cm³/mol. The average Bonchev–Trinajstić information content (AvgIpc) is 2.40. The standard InChI is InChI=1S/C13H19N3O4S/c1-9-2-5-11(6-3-9)15-21(19,20)13-7-4-10(14)8-12(13)16(17)18/h4,7-9,11,15H,2-3,5-6,14H2,1H3. The molecule has 21 heavy (non-hydrogen) atoms. The number of nitro groups is 1. The molecule has 0 saturated heterocycles.